The number of hydrogen-bond donors (Lipinski definition) is 1. The number of nitrogens with one attached hydrogen (secondary N) is 1. The van der Waals surface area contributed by atoms with Crippen LogP contribution in [0, 0.1) is 0 Å². The predicted octanol–water partition coefficient (Wildman–Crippen LogP) is 3.51. The summed E-state index contributed by atoms with van der Waals surface area (Å²) in [5.74, 6) is -0.484. The van der Waals surface area contributed by atoms with Crippen LogP contribution in [0.25, 0.3) is 0 Å². The molecule has 29 heavy (non-hydrogen) atoms. The van der Waals surface area contributed by atoms with Crippen molar-refractivity contribution in [2.75, 3.05) is 25.0 Å². The van der Waals surface area contributed by atoms with E-state index in [4.69, 9.17) is 23.2 Å². The lowest BCUT2D eigenvalue weighted by Crippen LogP contribution is -2.37. The van der Waals surface area contributed by atoms with Gasteiger partial charge in [-0.25, -0.2) is 0 Å². The molecule has 0 radical (unpaired) electrons. The quantitative estimate of drug-likeness (QED) is 0.757. The summed E-state index contributed by atoms with van der Waals surface area (Å²) in [5, 5.41) is 3.51. The first-order valence-electron chi connectivity index (χ1n) is 9.21. The second kappa shape index (κ2) is 9.29. The Bertz CT molecular complexity index is 931. The van der Waals surface area contributed by atoms with Gasteiger partial charge in [0.15, 0.2) is 0 Å². The molecule has 1 aliphatic rings. The third-order valence-electron chi connectivity index (χ3n) is 4.74. The molecule has 152 valence electrons. The number of likely N-dealkylation sites (N-methyl/N-ethyl adjacent to an activating group) is 1. The Balaban J connectivity index is 1.52. The number of carbonyl (C=O) groups is 3. The Kier molecular flexibility index (Phi) is 6.77. The summed E-state index contributed by atoms with van der Waals surface area (Å²) in [6.07, 6.45) is 1.40. The number of anilines is 1. The molecular formula is C21H21Cl2N3O3. The normalized spacial score (nSPS) is 13.5. The van der Waals surface area contributed by atoms with Crippen molar-refractivity contribution in [2.45, 2.75) is 19.4 Å². The molecular weight excluding hydrogens is 413 g/mol. The molecule has 0 unspecified atom stereocenters. The highest BCUT2D eigenvalue weighted by Gasteiger charge is 2.21. The molecule has 3 rings (SSSR count). The van der Waals surface area contributed by atoms with E-state index in [0.717, 1.165) is 17.7 Å². The number of amides is 3. The standard InChI is InChI=1S/C21H21Cl2N3O3/c1-25(13-14-4-9-17(22)18(23)11-14)20(28)12-24-21(29)15-5-7-16(8-6-15)26-10-2-3-19(26)27/h4-9,11H,2-3,10,12-13H2,1H3,(H,24,29). The molecule has 1 heterocycles. The zero-order chi connectivity index (χ0) is 21.0. The van der Waals surface area contributed by atoms with Crippen LogP contribution in [0.5, 0.6) is 0 Å². The molecule has 3 amide bonds. The first-order valence-corrected chi connectivity index (χ1v) is 9.97. The van der Waals surface area contributed by atoms with Gasteiger partial charge in [0.2, 0.25) is 11.8 Å². The van der Waals surface area contributed by atoms with Gasteiger partial charge in [0.25, 0.3) is 5.91 Å². The fourth-order valence-electron chi connectivity index (χ4n) is 3.11. The summed E-state index contributed by atoms with van der Waals surface area (Å²) >= 11 is 11.9. The van der Waals surface area contributed by atoms with Crippen molar-refractivity contribution in [3.05, 3.63) is 63.6 Å². The van der Waals surface area contributed by atoms with Crippen molar-refractivity contribution in [3.8, 4) is 0 Å². The number of hydrogen-bond acceptors (Lipinski definition) is 3. The maximum atomic E-state index is 12.3. The molecule has 1 fully saturated rings. The van der Waals surface area contributed by atoms with Crippen LogP contribution in [0.4, 0.5) is 5.69 Å². The van der Waals surface area contributed by atoms with Gasteiger partial charge in [-0.2, -0.15) is 0 Å². The summed E-state index contributed by atoms with van der Waals surface area (Å²) in [6.45, 7) is 0.928. The lowest BCUT2D eigenvalue weighted by Gasteiger charge is -2.18. The lowest BCUT2D eigenvalue weighted by molar-refractivity contribution is -0.129. The van der Waals surface area contributed by atoms with Gasteiger partial charge >= 0.3 is 0 Å². The maximum absolute atomic E-state index is 12.3. The number of carbonyl (C=O) groups excluding carboxylic acids is 3. The van der Waals surface area contributed by atoms with E-state index in [0.29, 0.717) is 35.1 Å². The van der Waals surface area contributed by atoms with Crippen LogP contribution in [0.1, 0.15) is 28.8 Å². The van der Waals surface area contributed by atoms with Crippen LogP contribution in [0.2, 0.25) is 10.0 Å². The van der Waals surface area contributed by atoms with Crippen molar-refractivity contribution >= 4 is 46.6 Å². The van der Waals surface area contributed by atoms with Crippen molar-refractivity contribution < 1.29 is 14.4 Å². The van der Waals surface area contributed by atoms with Crippen molar-refractivity contribution in [1.82, 2.24) is 10.2 Å². The third kappa shape index (κ3) is 5.28. The Morgan fingerprint density at radius 1 is 1.10 bits per heavy atom. The molecule has 1 aliphatic heterocycles. The van der Waals surface area contributed by atoms with Crippen molar-refractivity contribution in [2.24, 2.45) is 0 Å². The molecule has 1 N–H and O–H groups in total. The minimum Gasteiger partial charge on any atom is -0.343 e. The first kappa shape index (κ1) is 21.1. The van der Waals surface area contributed by atoms with Gasteiger partial charge in [0.05, 0.1) is 16.6 Å². The molecule has 0 atom stereocenters. The van der Waals surface area contributed by atoms with Crippen LogP contribution in [-0.4, -0.2) is 42.8 Å². The minimum absolute atomic E-state index is 0.0952. The molecule has 1 saturated heterocycles. The van der Waals surface area contributed by atoms with E-state index in [1.807, 2.05) is 0 Å². The number of nitrogens with zero attached hydrogens (tertiary/aromatic N) is 2. The summed E-state index contributed by atoms with van der Waals surface area (Å²) in [7, 11) is 1.65. The van der Waals surface area contributed by atoms with Gasteiger partial charge in [-0.1, -0.05) is 29.3 Å². The highest BCUT2D eigenvalue weighted by molar-refractivity contribution is 6.42. The second-order valence-corrected chi connectivity index (χ2v) is 7.69. The zero-order valence-electron chi connectivity index (χ0n) is 16.0. The molecule has 0 saturated carbocycles. The van der Waals surface area contributed by atoms with Gasteiger partial charge < -0.3 is 15.1 Å². The van der Waals surface area contributed by atoms with E-state index in [1.54, 1.807) is 54.4 Å². The highest BCUT2D eigenvalue weighted by Crippen LogP contribution is 2.23. The summed E-state index contributed by atoms with van der Waals surface area (Å²) in [5.41, 5.74) is 2.05. The van der Waals surface area contributed by atoms with E-state index in [1.165, 1.54) is 4.90 Å². The fourth-order valence-corrected chi connectivity index (χ4v) is 3.43. The van der Waals surface area contributed by atoms with Gasteiger partial charge in [-0.15, -0.1) is 0 Å². The van der Waals surface area contributed by atoms with Crippen LogP contribution in [0.3, 0.4) is 0 Å². The molecule has 2 aromatic rings. The summed E-state index contributed by atoms with van der Waals surface area (Å²) in [4.78, 5) is 39.6. The molecule has 0 bridgehead atoms. The summed E-state index contributed by atoms with van der Waals surface area (Å²) in [6, 6.07) is 12.0. The van der Waals surface area contributed by atoms with Gasteiger partial charge in [0, 0.05) is 37.8 Å². The molecule has 0 aromatic heterocycles. The summed E-state index contributed by atoms with van der Waals surface area (Å²) < 4.78 is 0. The molecule has 0 spiro atoms. The maximum Gasteiger partial charge on any atom is 0.251 e. The highest BCUT2D eigenvalue weighted by atomic mass is 35.5. The Hall–Kier alpha value is -2.57. The van der Waals surface area contributed by atoms with E-state index in [9.17, 15) is 14.4 Å². The number of benzene rings is 2. The average Bonchev–Trinajstić information content (AvgIpc) is 3.14. The van der Waals surface area contributed by atoms with Crippen LogP contribution >= 0.6 is 23.2 Å². The predicted molar refractivity (Wildman–Crippen MR) is 113 cm³/mol. The molecule has 6 nitrogen and oxygen atoms in total. The Morgan fingerprint density at radius 2 is 1.83 bits per heavy atom. The van der Waals surface area contributed by atoms with Gasteiger partial charge in [-0.05, 0) is 48.4 Å². The van der Waals surface area contributed by atoms with Crippen molar-refractivity contribution in [3.63, 3.8) is 0 Å². The van der Waals surface area contributed by atoms with Crippen molar-refractivity contribution in [1.29, 1.82) is 0 Å². The largest absolute Gasteiger partial charge is 0.343 e. The Labute approximate surface area is 179 Å². The monoisotopic (exact) mass is 433 g/mol. The van der Waals surface area contributed by atoms with E-state index in [-0.39, 0.29) is 24.3 Å². The van der Waals surface area contributed by atoms with Gasteiger partial charge in [-0.3, -0.25) is 14.4 Å². The molecule has 8 heteroatoms. The SMILES string of the molecule is CN(Cc1ccc(Cl)c(Cl)c1)C(=O)CNC(=O)c1ccc(N2CCCC2=O)cc1. The van der Waals surface area contributed by atoms with E-state index in [2.05, 4.69) is 5.32 Å². The zero-order valence-corrected chi connectivity index (χ0v) is 17.5. The topological polar surface area (TPSA) is 69.7 Å². The number of rotatable bonds is 6. The smallest absolute Gasteiger partial charge is 0.251 e. The molecule has 2 aromatic carbocycles. The fraction of sp³-hybridized carbons (Fsp3) is 0.286. The number of halogens is 2. The van der Waals surface area contributed by atoms with Crippen LogP contribution < -0.4 is 10.2 Å². The molecule has 0 aliphatic carbocycles. The lowest BCUT2D eigenvalue weighted by atomic mass is 10.2. The second-order valence-electron chi connectivity index (χ2n) is 6.88. The first-order chi connectivity index (χ1) is 13.8. The van der Waals surface area contributed by atoms with E-state index >= 15 is 0 Å². The van der Waals surface area contributed by atoms with Crippen LogP contribution in [-0.2, 0) is 16.1 Å². The average molecular weight is 434 g/mol. The van der Waals surface area contributed by atoms with E-state index < -0.39 is 0 Å². The minimum atomic E-state index is -0.347. The third-order valence-corrected chi connectivity index (χ3v) is 5.48. The Morgan fingerprint density at radius 3 is 2.45 bits per heavy atom. The van der Waals surface area contributed by atoms with Gasteiger partial charge in [0.1, 0.15) is 0 Å². The van der Waals surface area contributed by atoms with Crippen LogP contribution in [0.15, 0.2) is 42.5 Å².